The van der Waals surface area contributed by atoms with Crippen molar-refractivity contribution in [2.24, 2.45) is 5.73 Å². The molecule has 21 heavy (non-hydrogen) atoms. The summed E-state index contributed by atoms with van der Waals surface area (Å²) in [5.74, 6) is 0.779. The van der Waals surface area contributed by atoms with Gasteiger partial charge in [0, 0.05) is 17.6 Å². The Labute approximate surface area is 127 Å². The molecule has 3 aromatic rings. The molecule has 0 spiro atoms. The first-order valence-corrected chi connectivity index (χ1v) is 6.89. The van der Waals surface area contributed by atoms with E-state index in [0.717, 1.165) is 33.6 Å². The van der Waals surface area contributed by atoms with Gasteiger partial charge in [0.05, 0.1) is 23.3 Å². The molecule has 0 atom stereocenters. The summed E-state index contributed by atoms with van der Waals surface area (Å²) in [7, 11) is 0. The Morgan fingerprint density at radius 3 is 2.90 bits per heavy atom. The van der Waals surface area contributed by atoms with Crippen LogP contribution in [0, 0.1) is 6.92 Å². The van der Waals surface area contributed by atoms with E-state index in [1.54, 1.807) is 6.20 Å². The average molecular weight is 298 g/mol. The van der Waals surface area contributed by atoms with E-state index in [1.165, 1.54) is 0 Å². The molecule has 3 N–H and O–H groups in total. The zero-order valence-electron chi connectivity index (χ0n) is 11.5. The van der Waals surface area contributed by atoms with Crippen LogP contribution in [0.3, 0.4) is 0 Å². The Hall–Kier alpha value is -2.47. The fourth-order valence-electron chi connectivity index (χ4n) is 2.20. The lowest BCUT2D eigenvalue weighted by molar-refractivity contribution is 0.391. The number of fused-ring (bicyclic) bond motifs is 1. The third kappa shape index (κ3) is 2.71. The molecule has 0 aliphatic carbocycles. The molecule has 0 saturated heterocycles. The standard InChI is InChI=1S/C15H14N4OS/c1-9-6-10(19-20-9)7-18-14-11-4-2-3-5-13(11)17-8-12(14)15(16)21/h2-6,8H,7H2,1H3,(H2,16,21)(H,17,18). The van der Waals surface area contributed by atoms with Gasteiger partial charge in [-0.15, -0.1) is 0 Å². The van der Waals surface area contributed by atoms with Crippen LogP contribution in [-0.2, 0) is 6.54 Å². The Kier molecular flexibility index (Phi) is 3.53. The van der Waals surface area contributed by atoms with Crippen LogP contribution in [0.25, 0.3) is 10.9 Å². The van der Waals surface area contributed by atoms with Gasteiger partial charge in [-0.25, -0.2) is 0 Å². The van der Waals surface area contributed by atoms with Gasteiger partial charge in [-0.3, -0.25) is 4.98 Å². The number of thiocarbonyl (C=S) groups is 1. The molecule has 0 amide bonds. The Morgan fingerprint density at radius 2 is 2.19 bits per heavy atom. The number of nitrogens with one attached hydrogen (secondary N) is 1. The summed E-state index contributed by atoms with van der Waals surface area (Å²) in [4.78, 5) is 4.69. The van der Waals surface area contributed by atoms with E-state index in [2.05, 4.69) is 15.5 Å². The lowest BCUT2D eigenvalue weighted by atomic mass is 10.1. The predicted molar refractivity (Wildman–Crippen MR) is 86.2 cm³/mol. The second kappa shape index (κ2) is 5.49. The summed E-state index contributed by atoms with van der Waals surface area (Å²) in [6.07, 6.45) is 1.70. The van der Waals surface area contributed by atoms with Gasteiger partial charge in [-0.1, -0.05) is 35.6 Å². The normalized spacial score (nSPS) is 10.7. The van der Waals surface area contributed by atoms with Crippen molar-refractivity contribution < 1.29 is 4.52 Å². The number of hydrogen-bond donors (Lipinski definition) is 2. The fourth-order valence-corrected chi connectivity index (χ4v) is 2.35. The highest BCUT2D eigenvalue weighted by Crippen LogP contribution is 2.26. The topological polar surface area (TPSA) is 77.0 Å². The van der Waals surface area contributed by atoms with Crippen molar-refractivity contribution >= 4 is 33.8 Å². The maximum absolute atomic E-state index is 5.80. The SMILES string of the molecule is Cc1cc(CNc2c(C(N)=S)cnc3ccccc23)no1. The molecule has 2 heterocycles. The molecule has 0 bridgehead atoms. The third-order valence-electron chi connectivity index (χ3n) is 3.16. The van der Waals surface area contributed by atoms with Crippen molar-refractivity contribution in [1.82, 2.24) is 10.1 Å². The van der Waals surface area contributed by atoms with Crippen molar-refractivity contribution in [2.45, 2.75) is 13.5 Å². The molecule has 2 aromatic heterocycles. The highest BCUT2D eigenvalue weighted by atomic mass is 32.1. The number of aryl methyl sites for hydroxylation is 1. The van der Waals surface area contributed by atoms with Gasteiger partial charge in [-0.05, 0) is 13.0 Å². The quantitative estimate of drug-likeness (QED) is 0.721. The van der Waals surface area contributed by atoms with Gasteiger partial charge < -0.3 is 15.6 Å². The zero-order chi connectivity index (χ0) is 14.8. The van der Waals surface area contributed by atoms with Gasteiger partial charge in [0.2, 0.25) is 0 Å². The molecule has 106 valence electrons. The average Bonchev–Trinajstić information content (AvgIpc) is 2.90. The van der Waals surface area contributed by atoms with E-state index in [0.29, 0.717) is 11.5 Å². The third-order valence-corrected chi connectivity index (χ3v) is 3.38. The number of rotatable bonds is 4. The molecule has 5 nitrogen and oxygen atoms in total. The summed E-state index contributed by atoms with van der Waals surface area (Å²) in [5, 5.41) is 8.28. The van der Waals surface area contributed by atoms with Crippen LogP contribution in [-0.4, -0.2) is 15.1 Å². The minimum atomic E-state index is 0.312. The summed E-state index contributed by atoms with van der Waals surface area (Å²) in [5.41, 5.74) is 9.10. The molecule has 0 radical (unpaired) electrons. The second-order valence-electron chi connectivity index (χ2n) is 4.71. The second-order valence-corrected chi connectivity index (χ2v) is 5.15. The monoisotopic (exact) mass is 298 g/mol. The van der Waals surface area contributed by atoms with E-state index < -0.39 is 0 Å². The van der Waals surface area contributed by atoms with Gasteiger partial charge in [0.25, 0.3) is 0 Å². The number of nitrogens with two attached hydrogens (primary N) is 1. The molecular weight excluding hydrogens is 284 g/mol. The van der Waals surface area contributed by atoms with E-state index in [-0.39, 0.29) is 0 Å². The molecule has 0 saturated carbocycles. The fraction of sp³-hybridized carbons (Fsp3) is 0.133. The highest BCUT2D eigenvalue weighted by molar-refractivity contribution is 7.80. The van der Waals surface area contributed by atoms with E-state index in [4.69, 9.17) is 22.5 Å². The van der Waals surface area contributed by atoms with Crippen LogP contribution in [0.5, 0.6) is 0 Å². The maximum Gasteiger partial charge on any atom is 0.133 e. The number of hydrogen-bond acceptors (Lipinski definition) is 5. The summed E-state index contributed by atoms with van der Waals surface area (Å²) in [6.45, 7) is 2.39. The van der Waals surface area contributed by atoms with Gasteiger partial charge in [0.1, 0.15) is 16.4 Å². The largest absolute Gasteiger partial charge is 0.389 e. The van der Waals surface area contributed by atoms with Crippen molar-refractivity contribution in [3.63, 3.8) is 0 Å². The molecule has 1 aromatic carbocycles. The minimum Gasteiger partial charge on any atom is -0.389 e. The van der Waals surface area contributed by atoms with Crippen LogP contribution in [0.15, 0.2) is 41.1 Å². The molecular formula is C15H14N4OS. The summed E-state index contributed by atoms with van der Waals surface area (Å²) < 4.78 is 5.07. The van der Waals surface area contributed by atoms with Crippen LogP contribution in [0.1, 0.15) is 17.0 Å². The first-order valence-electron chi connectivity index (χ1n) is 6.49. The van der Waals surface area contributed by atoms with Crippen LogP contribution in [0.4, 0.5) is 5.69 Å². The predicted octanol–water partition coefficient (Wildman–Crippen LogP) is 2.78. The number of anilines is 1. The van der Waals surface area contributed by atoms with Crippen molar-refractivity contribution in [3.05, 3.63) is 53.5 Å². The first kappa shape index (κ1) is 13.5. The Balaban J connectivity index is 2.01. The molecule has 0 aliphatic rings. The maximum atomic E-state index is 5.80. The minimum absolute atomic E-state index is 0.312. The lowest BCUT2D eigenvalue weighted by Crippen LogP contribution is -2.14. The lowest BCUT2D eigenvalue weighted by Gasteiger charge is -2.13. The molecule has 0 unspecified atom stereocenters. The number of pyridine rings is 1. The van der Waals surface area contributed by atoms with Crippen molar-refractivity contribution in [3.8, 4) is 0 Å². The van der Waals surface area contributed by atoms with Crippen molar-refractivity contribution in [2.75, 3.05) is 5.32 Å². The Bertz CT molecular complexity index is 812. The molecule has 3 rings (SSSR count). The van der Waals surface area contributed by atoms with Crippen molar-refractivity contribution in [1.29, 1.82) is 0 Å². The van der Waals surface area contributed by atoms with Crippen LogP contribution < -0.4 is 11.1 Å². The Morgan fingerprint density at radius 1 is 1.38 bits per heavy atom. The number of benzene rings is 1. The first-order chi connectivity index (χ1) is 10.1. The van der Waals surface area contributed by atoms with E-state index >= 15 is 0 Å². The van der Waals surface area contributed by atoms with E-state index in [9.17, 15) is 0 Å². The summed E-state index contributed by atoms with van der Waals surface area (Å²) >= 11 is 5.11. The zero-order valence-corrected chi connectivity index (χ0v) is 12.3. The molecule has 0 aliphatic heterocycles. The van der Waals surface area contributed by atoms with E-state index in [1.807, 2.05) is 37.3 Å². The number of para-hydroxylation sites is 1. The molecule has 6 heteroatoms. The highest BCUT2D eigenvalue weighted by Gasteiger charge is 2.11. The number of nitrogens with zero attached hydrogens (tertiary/aromatic N) is 2. The van der Waals surface area contributed by atoms with Crippen LogP contribution >= 0.6 is 12.2 Å². The van der Waals surface area contributed by atoms with Gasteiger partial charge in [0.15, 0.2) is 0 Å². The smallest absolute Gasteiger partial charge is 0.133 e. The van der Waals surface area contributed by atoms with Gasteiger partial charge >= 0.3 is 0 Å². The number of aromatic nitrogens is 2. The summed E-state index contributed by atoms with van der Waals surface area (Å²) in [6, 6.07) is 9.72. The van der Waals surface area contributed by atoms with Gasteiger partial charge in [-0.2, -0.15) is 0 Å². The molecule has 0 fully saturated rings. The van der Waals surface area contributed by atoms with Crippen LogP contribution in [0.2, 0.25) is 0 Å².